The molecule has 1 nitrogen and oxygen atoms in total. The van der Waals surface area contributed by atoms with Crippen LogP contribution in [-0.2, 0) is 4.79 Å². The monoisotopic (exact) mass is 356 g/mol. The average Bonchev–Trinajstić information content (AvgIpc) is 2.81. The lowest BCUT2D eigenvalue weighted by Gasteiger charge is -2.60. The van der Waals surface area contributed by atoms with Crippen molar-refractivity contribution in [3.05, 3.63) is 11.6 Å². The van der Waals surface area contributed by atoms with Gasteiger partial charge in [-0.25, -0.2) is 0 Å². The highest BCUT2D eigenvalue weighted by Crippen LogP contribution is 2.68. The Kier molecular flexibility index (Phi) is 4.48. The van der Waals surface area contributed by atoms with Gasteiger partial charge in [0.15, 0.2) is 5.78 Å². The van der Waals surface area contributed by atoms with Gasteiger partial charge in [0, 0.05) is 5.92 Å². The summed E-state index contributed by atoms with van der Waals surface area (Å²) in [6, 6.07) is 0. The van der Waals surface area contributed by atoms with Crippen molar-refractivity contribution >= 4 is 5.78 Å². The van der Waals surface area contributed by atoms with Crippen LogP contribution < -0.4 is 0 Å². The summed E-state index contributed by atoms with van der Waals surface area (Å²) in [4.78, 5) is 12.5. The van der Waals surface area contributed by atoms with Gasteiger partial charge in [0.1, 0.15) is 0 Å². The van der Waals surface area contributed by atoms with Crippen LogP contribution in [0.3, 0.4) is 0 Å². The predicted molar refractivity (Wildman–Crippen MR) is 109 cm³/mol. The van der Waals surface area contributed by atoms with Crippen LogP contribution >= 0.6 is 0 Å². The molecule has 0 aromatic heterocycles. The van der Waals surface area contributed by atoms with Crippen LogP contribution in [-0.4, -0.2) is 5.78 Å². The molecule has 11 atom stereocenters. The van der Waals surface area contributed by atoms with Gasteiger partial charge in [-0.1, -0.05) is 60.5 Å². The summed E-state index contributed by atoms with van der Waals surface area (Å²) in [5.74, 6) is 7.69. The highest BCUT2D eigenvalue weighted by atomic mass is 16.1. The SMILES string of the molecule is CC[C@H]1C(C)CC2C3C(C)CC4=CC(=O)C(C)C(C)C4C3C(C)CC21C. The highest BCUT2D eigenvalue weighted by Gasteiger charge is 2.61. The summed E-state index contributed by atoms with van der Waals surface area (Å²) in [5, 5.41) is 0. The minimum absolute atomic E-state index is 0.212. The van der Waals surface area contributed by atoms with Crippen molar-refractivity contribution in [1.29, 1.82) is 0 Å². The van der Waals surface area contributed by atoms with E-state index >= 15 is 0 Å². The van der Waals surface area contributed by atoms with E-state index < -0.39 is 0 Å². The molecule has 0 aromatic carbocycles. The number of carbonyl (C=O) groups excluding carboxylic acids is 1. The maximum absolute atomic E-state index is 12.5. The molecular weight excluding hydrogens is 316 g/mol. The van der Waals surface area contributed by atoms with Gasteiger partial charge >= 0.3 is 0 Å². The Morgan fingerprint density at radius 3 is 2.38 bits per heavy atom. The molecule has 4 aliphatic rings. The summed E-state index contributed by atoms with van der Waals surface area (Å²) in [6.45, 7) is 17.2. The molecule has 0 radical (unpaired) electrons. The second kappa shape index (κ2) is 6.21. The van der Waals surface area contributed by atoms with Gasteiger partial charge in [0.2, 0.25) is 0 Å². The third-order valence-electron chi connectivity index (χ3n) is 9.96. The molecule has 0 aliphatic heterocycles. The van der Waals surface area contributed by atoms with E-state index in [0.717, 1.165) is 41.4 Å². The summed E-state index contributed by atoms with van der Waals surface area (Å²) >= 11 is 0. The molecule has 0 saturated heterocycles. The molecular formula is C25H40O. The van der Waals surface area contributed by atoms with E-state index in [2.05, 4.69) is 54.5 Å². The van der Waals surface area contributed by atoms with Gasteiger partial charge in [-0.2, -0.15) is 0 Å². The highest BCUT2D eigenvalue weighted by molar-refractivity contribution is 5.93. The van der Waals surface area contributed by atoms with Crippen LogP contribution in [0.4, 0.5) is 0 Å². The van der Waals surface area contributed by atoms with Gasteiger partial charge in [0.25, 0.3) is 0 Å². The Labute approximate surface area is 161 Å². The van der Waals surface area contributed by atoms with Gasteiger partial charge in [-0.3, -0.25) is 4.79 Å². The fourth-order valence-corrected chi connectivity index (χ4v) is 8.99. The second-order valence-electron chi connectivity index (χ2n) is 11.2. The number of allylic oxidation sites excluding steroid dienone is 1. The van der Waals surface area contributed by atoms with E-state index in [4.69, 9.17) is 0 Å². The number of hydrogen-bond acceptors (Lipinski definition) is 1. The summed E-state index contributed by atoms with van der Waals surface area (Å²) < 4.78 is 0. The molecule has 4 aliphatic carbocycles. The van der Waals surface area contributed by atoms with Crippen molar-refractivity contribution in [2.75, 3.05) is 0 Å². The maximum Gasteiger partial charge on any atom is 0.158 e. The van der Waals surface area contributed by atoms with Crippen LogP contribution in [0.1, 0.15) is 74.1 Å². The van der Waals surface area contributed by atoms with E-state index in [9.17, 15) is 4.79 Å². The largest absolute Gasteiger partial charge is 0.295 e. The maximum atomic E-state index is 12.5. The van der Waals surface area contributed by atoms with Crippen molar-refractivity contribution in [1.82, 2.24) is 0 Å². The number of fused-ring (bicyclic) bond motifs is 5. The molecule has 3 fully saturated rings. The van der Waals surface area contributed by atoms with Crippen LogP contribution in [0.25, 0.3) is 0 Å². The lowest BCUT2D eigenvalue weighted by Crippen LogP contribution is -2.54. The van der Waals surface area contributed by atoms with Gasteiger partial charge < -0.3 is 0 Å². The molecule has 0 amide bonds. The second-order valence-corrected chi connectivity index (χ2v) is 11.2. The van der Waals surface area contributed by atoms with E-state index in [-0.39, 0.29) is 5.92 Å². The van der Waals surface area contributed by atoms with Gasteiger partial charge in [0.05, 0.1) is 0 Å². The fraction of sp³-hybridized carbons (Fsp3) is 0.880. The molecule has 26 heavy (non-hydrogen) atoms. The first-order valence-electron chi connectivity index (χ1n) is 11.4. The third-order valence-corrected chi connectivity index (χ3v) is 9.96. The zero-order valence-electron chi connectivity index (χ0n) is 18.1. The van der Waals surface area contributed by atoms with Crippen molar-refractivity contribution in [3.8, 4) is 0 Å². The lowest BCUT2D eigenvalue weighted by molar-refractivity contribution is -0.125. The normalized spacial score (nSPS) is 56.4. The zero-order valence-corrected chi connectivity index (χ0v) is 18.1. The van der Waals surface area contributed by atoms with Crippen molar-refractivity contribution in [3.63, 3.8) is 0 Å². The van der Waals surface area contributed by atoms with E-state index in [0.29, 0.717) is 23.0 Å². The molecule has 4 rings (SSSR count). The first-order chi connectivity index (χ1) is 12.2. The first kappa shape index (κ1) is 18.8. The predicted octanol–water partition coefficient (Wildman–Crippen LogP) is 6.38. The molecule has 0 bridgehead atoms. The van der Waals surface area contributed by atoms with E-state index in [1.807, 2.05) is 0 Å². The summed E-state index contributed by atoms with van der Waals surface area (Å²) in [7, 11) is 0. The minimum atomic E-state index is 0.212. The molecule has 0 spiro atoms. The van der Waals surface area contributed by atoms with Crippen molar-refractivity contribution in [2.45, 2.75) is 74.1 Å². The Balaban J connectivity index is 1.76. The number of hydrogen-bond donors (Lipinski definition) is 0. The van der Waals surface area contributed by atoms with Crippen LogP contribution in [0.5, 0.6) is 0 Å². The van der Waals surface area contributed by atoms with E-state index in [1.54, 1.807) is 0 Å². The third kappa shape index (κ3) is 2.37. The minimum Gasteiger partial charge on any atom is -0.295 e. The van der Waals surface area contributed by atoms with E-state index in [1.165, 1.54) is 31.3 Å². The van der Waals surface area contributed by atoms with Crippen molar-refractivity contribution in [2.24, 2.45) is 64.6 Å². The molecule has 146 valence electrons. The van der Waals surface area contributed by atoms with Gasteiger partial charge in [-0.15, -0.1) is 0 Å². The Hall–Kier alpha value is -0.590. The standard InChI is InChI=1S/C25H40O/c1-8-19-13(2)10-20-22-14(3)9-18-11-21(26)16(5)17(6)24(18)23(22)15(4)12-25(19,20)7/h11,13-17,19-20,22-24H,8-10,12H2,1-7H3/t13?,14?,15?,16?,17?,19-,20?,22?,23?,24?,25?/m0/s1. The van der Waals surface area contributed by atoms with Gasteiger partial charge in [-0.05, 0) is 84.0 Å². The number of carbonyl (C=O) groups is 1. The molecule has 0 aromatic rings. The topological polar surface area (TPSA) is 17.1 Å². The smallest absolute Gasteiger partial charge is 0.158 e. The quantitative estimate of drug-likeness (QED) is 0.532. The Morgan fingerprint density at radius 2 is 1.73 bits per heavy atom. The van der Waals surface area contributed by atoms with Crippen LogP contribution in [0, 0.1) is 64.6 Å². The fourth-order valence-electron chi connectivity index (χ4n) is 8.99. The molecule has 1 heteroatoms. The molecule has 0 heterocycles. The molecule has 3 saturated carbocycles. The number of ketones is 1. The van der Waals surface area contributed by atoms with Crippen molar-refractivity contribution < 1.29 is 4.79 Å². The lowest BCUT2D eigenvalue weighted by atomic mass is 9.44. The number of rotatable bonds is 1. The molecule has 0 N–H and O–H groups in total. The Bertz CT molecular complexity index is 618. The summed E-state index contributed by atoms with van der Waals surface area (Å²) in [6.07, 6.45) is 7.46. The van der Waals surface area contributed by atoms with Crippen LogP contribution in [0.2, 0.25) is 0 Å². The summed E-state index contributed by atoms with van der Waals surface area (Å²) in [5.41, 5.74) is 2.06. The first-order valence-corrected chi connectivity index (χ1v) is 11.4. The average molecular weight is 357 g/mol. The zero-order chi connectivity index (χ0) is 19.0. The van der Waals surface area contributed by atoms with Crippen LogP contribution in [0.15, 0.2) is 11.6 Å². The molecule has 10 unspecified atom stereocenters. The Morgan fingerprint density at radius 1 is 1.04 bits per heavy atom.